The molecular formula is C16H19N3. The van der Waals surface area contributed by atoms with Crippen molar-refractivity contribution in [2.75, 3.05) is 6.54 Å². The van der Waals surface area contributed by atoms with E-state index < -0.39 is 0 Å². The molecule has 1 aliphatic heterocycles. The van der Waals surface area contributed by atoms with Crippen molar-refractivity contribution in [3.8, 4) is 6.07 Å². The largest absolute Gasteiger partial charge is 0.348 e. The Bertz CT molecular complexity index is 627. The van der Waals surface area contributed by atoms with Gasteiger partial charge in [0.15, 0.2) is 0 Å². The first-order valence-corrected chi connectivity index (χ1v) is 7.00. The standard InChI is InChI=1S/C16H19N3/c1-19-15(6-5-14-3-2-8-18-14)10-13-9-12(11-17)4-7-16(13)19/h4,7,9-10,14,18H,2-3,5-6,8H2,1H3/t14-/m0/s1. The SMILES string of the molecule is Cn1c(CC[C@@H]2CCCN2)cc2cc(C#N)ccc21. The minimum atomic E-state index is 0.688. The lowest BCUT2D eigenvalue weighted by atomic mass is 10.1. The van der Waals surface area contributed by atoms with Gasteiger partial charge in [-0.05, 0) is 56.5 Å². The summed E-state index contributed by atoms with van der Waals surface area (Å²) in [5, 5.41) is 13.7. The molecule has 0 bridgehead atoms. The smallest absolute Gasteiger partial charge is 0.0991 e. The molecule has 2 aromatic rings. The molecule has 0 saturated carbocycles. The maximum absolute atomic E-state index is 8.96. The zero-order chi connectivity index (χ0) is 13.2. The van der Waals surface area contributed by atoms with Crippen molar-refractivity contribution in [2.45, 2.75) is 31.7 Å². The highest BCUT2D eigenvalue weighted by Gasteiger charge is 2.15. The van der Waals surface area contributed by atoms with Crippen LogP contribution in [0.2, 0.25) is 0 Å². The normalized spacial score (nSPS) is 18.8. The van der Waals surface area contributed by atoms with E-state index in [1.807, 2.05) is 18.2 Å². The molecule has 1 saturated heterocycles. The Morgan fingerprint density at radius 1 is 1.42 bits per heavy atom. The van der Waals surface area contributed by atoms with E-state index in [9.17, 15) is 0 Å². The fourth-order valence-corrected chi connectivity index (χ4v) is 3.04. The van der Waals surface area contributed by atoms with Gasteiger partial charge in [0, 0.05) is 29.7 Å². The van der Waals surface area contributed by atoms with Crippen LogP contribution in [0.3, 0.4) is 0 Å². The summed E-state index contributed by atoms with van der Waals surface area (Å²) in [6.45, 7) is 1.17. The van der Waals surface area contributed by atoms with Crippen molar-refractivity contribution < 1.29 is 0 Å². The van der Waals surface area contributed by atoms with Gasteiger partial charge < -0.3 is 9.88 Å². The lowest BCUT2D eigenvalue weighted by molar-refractivity contribution is 0.551. The van der Waals surface area contributed by atoms with Crippen LogP contribution in [0.25, 0.3) is 10.9 Å². The van der Waals surface area contributed by atoms with Crippen molar-refractivity contribution in [1.82, 2.24) is 9.88 Å². The molecule has 0 amide bonds. The van der Waals surface area contributed by atoms with Crippen LogP contribution in [0.5, 0.6) is 0 Å². The van der Waals surface area contributed by atoms with E-state index in [0.717, 1.165) is 12.0 Å². The first kappa shape index (κ1) is 12.3. The molecule has 2 heterocycles. The molecule has 1 aliphatic rings. The Hall–Kier alpha value is -1.79. The molecule has 3 heteroatoms. The number of aromatic nitrogens is 1. The highest BCUT2D eigenvalue weighted by atomic mass is 15.0. The van der Waals surface area contributed by atoms with E-state index in [2.05, 4.69) is 29.1 Å². The highest BCUT2D eigenvalue weighted by molar-refractivity contribution is 5.82. The van der Waals surface area contributed by atoms with Gasteiger partial charge in [-0.15, -0.1) is 0 Å². The van der Waals surface area contributed by atoms with Gasteiger partial charge >= 0.3 is 0 Å². The van der Waals surface area contributed by atoms with Gasteiger partial charge in [-0.3, -0.25) is 0 Å². The average Bonchev–Trinajstić information content (AvgIpc) is 3.04. The Kier molecular flexibility index (Phi) is 3.27. The molecule has 1 aromatic heterocycles. The van der Waals surface area contributed by atoms with Crippen molar-refractivity contribution in [1.29, 1.82) is 5.26 Å². The van der Waals surface area contributed by atoms with Gasteiger partial charge in [0.25, 0.3) is 0 Å². The lowest BCUT2D eigenvalue weighted by Gasteiger charge is -2.10. The third-order valence-electron chi connectivity index (χ3n) is 4.18. The Balaban J connectivity index is 1.83. The number of rotatable bonds is 3. The molecule has 1 aromatic carbocycles. The molecule has 1 fully saturated rings. The second kappa shape index (κ2) is 5.07. The summed E-state index contributed by atoms with van der Waals surface area (Å²) in [4.78, 5) is 0. The summed E-state index contributed by atoms with van der Waals surface area (Å²) in [7, 11) is 2.12. The van der Waals surface area contributed by atoms with E-state index in [-0.39, 0.29) is 0 Å². The van der Waals surface area contributed by atoms with E-state index >= 15 is 0 Å². The topological polar surface area (TPSA) is 40.8 Å². The molecule has 1 N–H and O–H groups in total. The van der Waals surface area contributed by atoms with Crippen molar-refractivity contribution in [3.05, 3.63) is 35.5 Å². The third kappa shape index (κ3) is 2.36. The minimum Gasteiger partial charge on any atom is -0.348 e. The number of hydrogen-bond acceptors (Lipinski definition) is 2. The van der Waals surface area contributed by atoms with Crippen molar-refractivity contribution in [2.24, 2.45) is 7.05 Å². The molecular weight excluding hydrogens is 234 g/mol. The Labute approximate surface area is 113 Å². The second-order valence-electron chi connectivity index (χ2n) is 5.41. The predicted octanol–water partition coefficient (Wildman–Crippen LogP) is 2.73. The minimum absolute atomic E-state index is 0.688. The maximum atomic E-state index is 8.96. The van der Waals surface area contributed by atoms with Crippen LogP contribution in [0.15, 0.2) is 24.3 Å². The Morgan fingerprint density at radius 2 is 2.32 bits per heavy atom. The summed E-state index contributed by atoms with van der Waals surface area (Å²) in [6, 6.07) is 11.0. The number of nitrogens with zero attached hydrogens (tertiary/aromatic N) is 2. The Morgan fingerprint density at radius 3 is 3.05 bits per heavy atom. The first-order chi connectivity index (χ1) is 9.28. The zero-order valence-corrected chi connectivity index (χ0v) is 11.3. The van der Waals surface area contributed by atoms with Crippen LogP contribution >= 0.6 is 0 Å². The molecule has 0 spiro atoms. The lowest BCUT2D eigenvalue weighted by Crippen LogP contribution is -2.22. The van der Waals surface area contributed by atoms with Gasteiger partial charge in [0.1, 0.15) is 0 Å². The van der Waals surface area contributed by atoms with E-state index in [4.69, 9.17) is 5.26 Å². The quantitative estimate of drug-likeness (QED) is 0.913. The molecule has 0 unspecified atom stereocenters. The van der Waals surface area contributed by atoms with Crippen LogP contribution < -0.4 is 5.32 Å². The van der Waals surface area contributed by atoms with Crippen molar-refractivity contribution >= 4 is 10.9 Å². The first-order valence-electron chi connectivity index (χ1n) is 7.00. The number of nitriles is 1. The summed E-state index contributed by atoms with van der Waals surface area (Å²) >= 11 is 0. The van der Waals surface area contributed by atoms with Crippen LogP contribution in [0, 0.1) is 11.3 Å². The van der Waals surface area contributed by atoms with E-state index in [1.165, 1.54) is 42.4 Å². The number of hydrogen-bond donors (Lipinski definition) is 1. The molecule has 19 heavy (non-hydrogen) atoms. The molecule has 98 valence electrons. The summed E-state index contributed by atoms with van der Waals surface area (Å²) in [5.74, 6) is 0. The molecule has 0 aliphatic carbocycles. The fraction of sp³-hybridized carbons (Fsp3) is 0.438. The van der Waals surface area contributed by atoms with Gasteiger partial charge in [-0.25, -0.2) is 0 Å². The molecule has 3 nitrogen and oxygen atoms in total. The fourth-order valence-electron chi connectivity index (χ4n) is 3.04. The van der Waals surface area contributed by atoms with Crippen LogP contribution in [-0.2, 0) is 13.5 Å². The van der Waals surface area contributed by atoms with Gasteiger partial charge in [0.05, 0.1) is 11.6 Å². The van der Waals surface area contributed by atoms with Crippen LogP contribution in [0.4, 0.5) is 0 Å². The number of fused-ring (bicyclic) bond motifs is 1. The molecule has 1 atom stereocenters. The van der Waals surface area contributed by atoms with Crippen molar-refractivity contribution in [3.63, 3.8) is 0 Å². The second-order valence-corrected chi connectivity index (χ2v) is 5.41. The molecule has 3 rings (SSSR count). The highest BCUT2D eigenvalue weighted by Crippen LogP contribution is 2.22. The van der Waals surface area contributed by atoms with E-state index in [0.29, 0.717) is 6.04 Å². The predicted molar refractivity (Wildman–Crippen MR) is 77.0 cm³/mol. The van der Waals surface area contributed by atoms with E-state index in [1.54, 1.807) is 0 Å². The number of aryl methyl sites for hydroxylation is 2. The molecule has 0 radical (unpaired) electrons. The summed E-state index contributed by atoms with van der Waals surface area (Å²) < 4.78 is 2.26. The van der Waals surface area contributed by atoms with Crippen LogP contribution in [-0.4, -0.2) is 17.2 Å². The monoisotopic (exact) mass is 253 g/mol. The summed E-state index contributed by atoms with van der Waals surface area (Å²) in [5.41, 5.74) is 3.31. The zero-order valence-electron chi connectivity index (χ0n) is 11.3. The van der Waals surface area contributed by atoms with Gasteiger partial charge in [-0.1, -0.05) is 0 Å². The number of nitrogens with one attached hydrogen (secondary N) is 1. The van der Waals surface area contributed by atoms with Gasteiger partial charge in [-0.2, -0.15) is 5.26 Å². The van der Waals surface area contributed by atoms with Crippen LogP contribution in [0.1, 0.15) is 30.5 Å². The summed E-state index contributed by atoms with van der Waals surface area (Å²) in [6.07, 6.45) is 4.92. The number of benzene rings is 1. The van der Waals surface area contributed by atoms with Gasteiger partial charge in [0.2, 0.25) is 0 Å². The maximum Gasteiger partial charge on any atom is 0.0991 e. The average molecular weight is 253 g/mol. The third-order valence-corrected chi connectivity index (χ3v) is 4.18.